The molecule has 0 aliphatic carbocycles. The van der Waals surface area contributed by atoms with Crippen molar-refractivity contribution in [3.8, 4) is 17.1 Å². The molecule has 1 aromatic heterocycles. The maximum atomic E-state index is 10.3. The molecule has 0 spiro atoms. The van der Waals surface area contributed by atoms with E-state index in [2.05, 4.69) is 21.9 Å². The standard InChI is InChI=1S/C18H15ClN4OS/c1-2-5-12-6-3-8-14(16(12)24)11-20-23-17(21-22-18(23)25)13-7-4-9-15(19)10-13/h2-4,6-11,24H,1,5H2,(H,22,25)/b20-11+. The van der Waals surface area contributed by atoms with Gasteiger partial charge in [0.2, 0.25) is 4.77 Å². The molecule has 0 aliphatic rings. The van der Waals surface area contributed by atoms with Gasteiger partial charge in [-0.1, -0.05) is 41.9 Å². The minimum atomic E-state index is 0.172. The predicted molar refractivity (Wildman–Crippen MR) is 103 cm³/mol. The van der Waals surface area contributed by atoms with Crippen molar-refractivity contribution < 1.29 is 5.11 Å². The molecule has 7 heteroatoms. The lowest BCUT2D eigenvalue weighted by molar-refractivity contribution is 0.469. The van der Waals surface area contributed by atoms with Crippen molar-refractivity contribution in [2.24, 2.45) is 5.10 Å². The largest absolute Gasteiger partial charge is 0.507 e. The zero-order valence-electron chi connectivity index (χ0n) is 13.2. The zero-order valence-corrected chi connectivity index (χ0v) is 14.8. The van der Waals surface area contributed by atoms with Crippen LogP contribution in [0.4, 0.5) is 0 Å². The number of phenols is 1. The van der Waals surface area contributed by atoms with Gasteiger partial charge in [0.25, 0.3) is 0 Å². The molecule has 0 radical (unpaired) electrons. The summed E-state index contributed by atoms with van der Waals surface area (Å²) in [5.74, 6) is 0.705. The van der Waals surface area contributed by atoms with Crippen LogP contribution in [0.5, 0.6) is 5.75 Å². The number of aromatic amines is 1. The number of rotatable bonds is 5. The van der Waals surface area contributed by atoms with Crippen LogP contribution < -0.4 is 0 Å². The highest BCUT2D eigenvalue weighted by Crippen LogP contribution is 2.23. The molecule has 0 fully saturated rings. The van der Waals surface area contributed by atoms with Crippen molar-refractivity contribution >= 4 is 30.0 Å². The fraction of sp³-hybridized carbons (Fsp3) is 0.0556. The van der Waals surface area contributed by atoms with Crippen molar-refractivity contribution in [1.29, 1.82) is 0 Å². The second-order valence-corrected chi connectivity index (χ2v) is 6.09. The van der Waals surface area contributed by atoms with E-state index in [4.69, 9.17) is 23.8 Å². The van der Waals surface area contributed by atoms with Crippen LogP contribution in [-0.4, -0.2) is 26.2 Å². The molecule has 1 heterocycles. The fourth-order valence-corrected chi connectivity index (χ4v) is 2.74. The lowest BCUT2D eigenvalue weighted by Crippen LogP contribution is -1.96. The van der Waals surface area contributed by atoms with E-state index in [9.17, 15) is 5.11 Å². The van der Waals surface area contributed by atoms with Crippen LogP contribution in [0.3, 0.4) is 0 Å². The van der Waals surface area contributed by atoms with E-state index < -0.39 is 0 Å². The molecule has 2 N–H and O–H groups in total. The maximum absolute atomic E-state index is 10.3. The van der Waals surface area contributed by atoms with E-state index in [0.29, 0.717) is 27.6 Å². The van der Waals surface area contributed by atoms with E-state index in [-0.39, 0.29) is 5.75 Å². The number of halogens is 1. The number of nitrogens with one attached hydrogen (secondary N) is 1. The number of phenolic OH excluding ortho intramolecular Hbond substituents is 1. The SMILES string of the molecule is C=CCc1cccc(/C=N/n2c(-c3cccc(Cl)c3)n[nH]c2=S)c1O. The third-order valence-corrected chi connectivity index (χ3v) is 4.06. The number of nitrogens with zero attached hydrogens (tertiary/aromatic N) is 3. The summed E-state index contributed by atoms with van der Waals surface area (Å²) >= 11 is 11.3. The van der Waals surface area contributed by atoms with Crippen molar-refractivity contribution in [3.05, 3.63) is 76.0 Å². The molecular weight excluding hydrogens is 356 g/mol. The third kappa shape index (κ3) is 3.70. The van der Waals surface area contributed by atoms with Crippen LogP contribution in [0.15, 0.2) is 60.2 Å². The molecule has 3 rings (SSSR count). The first kappa shape index (κ1) is 17.1. The Morgan fingerprint density at radius 1 is 1.32 bits per heavy atom. The number of allylic oxidation sites excluding steroid dienone is 1. The normalized spacial score (nSPS) is 11.1. The van der Waals surface area contributed by atoms with Crippen LogP contribution in [0, 0.1) is 4.77 Å². The molecule has 0 aliphatic heterocycles. The van der Waals surface area contributed by atoms with E-state index in [0.717, 1.165) is 11.1 Å². The van der Waals surface area contributed by atoms with Gasteiger partial charge in [-0.2, -0.15) is 14.9 Å². The van der Waals surface area contributed by atoms with Gasteiger partial charge in [-0.05, 0) is 42.4 Å². The first-order valence-corrected chi connectivity index (χ1v) is 8.28. The summed E-state index contributed by atoms with van der Waals surface area (Å²) in [6.07, 6.45) is 3.85. The molecule has 3 aromatic rings. The Morgan fingerprint density at radius 3 is 2.88 bits per heavy atom. The summed E-state index contributed by atoms with van der Waals surface area (Å²) in [6.45, 7) is 3.69. The van der Waals surface area contributed by atoms with Gasteiger partial charge in [-0.3, -0.25) is 0 Å². The quantitative estimate of drug-likeness (QED) is 0.392. The van der Waals surface area contributed by atoms with Crippen LogP contribution >= 0.6 is 23.8 Å². The molecule has 0 amide bonds. The van der Waals surface area contributed by atoms with Gasteiger partial charge in [0, 0.05) is 16.1 Å². The summed E-state index contributed by atoms with van der Waals surface area (Å²) < 4.78 is 1.83. The highest BCUT2D eigenvalue weighted by atomic mass is 35.5. The fourth-order valence-electron chi connectivity index (χ4n) is 2.37. The average Bonchev–Trinajstić information content (AvgIpc) is 2.97. The second kappa shape index (κ2) is 7.46. The first-order chi connectivity index (χ1) is 12.1. The Labute approximate surface area is 154 Å². The van der Waals surface area contributed by atoms with Gasteiger partial charge in [0.1, 0.15) is 5.75 Å². The van der Waals surface area contributed by atoms with E-state index in [1.807, 2.05) is 24.3 Å². The number of H-pyrrole nitrogens is 1. The highest BCUT2D eigenvalue weighted by molar-refractivity contribution is 7.71. The van der Waals surface area contributed by atoms with Gasteiger partial charge < -0.3 is 5.11 Å². The molecule has 126 valence electrons. The van der Waals surface area contributed by atoms with Crippen molar-refractivity contribution in [1.82, 2.24) is 14.9 Å². The second-order valence-electron chi connectivity index (χ2n) is 5.27. The molecule has 0 saturated carbocycles. The minimum Gasteiger partial charge on any atom is -0.507 e. The van der Waals surface area contributed by atoms with Crippen molar-refractivity contribution in [3.63, 3.8) is 0 Å². The van der Waals surface area contributed by atoms with Crippen LogP contribution in [0.1, 0.15) is 11.1 Å². The van der Waals surface area contributed by atoms with Crippen molar-refractivity contribution in [2.45, 2.75) is 6.42 Å². The molecule has 0 saturated heterocycles. The molecule has 25 heavy (non-hydrogen) atoms. The summed E-state index contributed by atoms with van der Waals surface area (Å²) in [7, 11) is 0. The van der Waals surface area contributed by atoms with E-state index in [1.165, 1.54) is 4.68 Å². The number of benzene rings is 2. The van der Waals surface area contributed by atoms with Crippen LogP contribution in [-0.2, 0) is 6.42 Å². The Morgan fingerprint density at radius 2 is 2.12 bits per heavy atom. The minimum absolute atomic E-state index is 0.172. The van der Waals surface area contributed by atoms with Gasteiger partial charge in [0.05, 0.1) is 6.21 Å². The van der Waals surface area contributed by atoms with Crippen LogP contribution in [0.25, 0.3) is 11.4 Å². The molecule has 0 unspecified atom stereocenters. The highest BCUT2D eigenvalue weighted by Gasteiger charge is 2.09. The van der Waals surface area contributed by atoms with Gasteiger partial charge in [-0.15, -0.1) is 6.58 Å². The Hall–Kier alpha value is -2.70. The molecule has 2 aromatic carbocycles. The third-order valence-electron chi connectivity index (χ3n) is 3.56. The summed E-state index contributed by atoms with van der Waals surface area (Å²) in [4.78, 5) is 0. The monoisotopic (exact) mass is 370 g/mol. The van der Waals surface area contributed by atoms with E-state index in [1.54, 1.807) is 30.5 Å². The first-order valence-electron chi connectivity index (χ1n) is 7.49. The lowest BCUT2D eigenvalue weighted by atomic mass is 10.1. The Balaban J connectivity index is 2.01. The van der Waals surface area contributed by atoms with Crippen LogP contribution in [0.2, 0.25) is 5.02 Å². The molecule has 0 atom stereocenters. The number of aromatic hydroxyl groups is 1. The van der Waals surface area contributed by atoms with Crippen molar-refractivity contribution in [2.75, 3.05) is 0 Å². The molecule has 5 nitrogen and oxygen atoms in total. The number of hydrogen-bond donors (Lipinski definition) is 2. The topological polar surface area (TPSA) is 66.2 Å². The summed E-state index contributed by atoms with van der Waals surface area (Å²) in [5.41, 5.74) is 2.14. The van der Waals surface area contributed by atoms with Gasteiger partial charge in [-0.25, -0.2) is 5.10 Å². The van der Waals surface area contributed by atoms with Gasteiger partial charge in [0.15, 0.2) is 5.82 Å². The summed E-state index contributed by atoms with van der Waals surface area (Å²) in [6, 6.07) is 12.7. The number of aromatic nitrogens is 3. The zero-order chi connectivity index (χ0) is 17.8. The smallest absolute Gasteiger partial charge is 0.216 e. The predicted octanol–water partition coefficient (Wildman–Crippen LogP) is 4.58. The summed E-state index contributed by atoms with van der Waals surface area (Å²) in [5, 5.41) is 22.2. The number of hydrogen-bond acceptors (Lipinski definition) is 4. The molecular formula is C18H15ClN4OS. The number of para-hydroxylation sites is 1. The Kier molecular flexibility index (Phi) is 5.11. The lowest BCUT2D eigenvalue weighted by Gasteiger charge is -2.05. The van der Waals surface area contributed by atoms with Gasteiger partial charge >= 0.3 is 0 Å². The molecule has 0 bridgehead atoms. The maximum Gasteiger partial charge on any atom is 0.216 e. The van der Waals surface area contributed by atoms with E-state index >= 15 is 0 Å². The Bertz CT molecular complexity index is 1010. The average molecular weight is 371 g/mol.